The van der Waals surface area contributed by atoms with Crippen LogP contribution in [0.2, 0.25) is 0 Å². The van der Waals surface area contributed by atoms with E-state index in [-0.39, 0.29) is 42.8 Å². The summed E-state index contributed by atoms with van der Waals surface area (Å²) in [5, 5.41) is 9.22. The molecule has 198 valence electrons. The number of nitrogens with zero attached hydrogens (tertiary/aromatic N) is 3. The minimum Gasteiger partial charge on any atom is -0.489 e. The molecule has 0 amide bonds. The Kier molecular flexibility index (Phi) is 7.23. The van der Waals surface area contributed by atoms with E-state index >= 15 is 0 Å². The second-order valence-corrected chi connectivity index (χ2v) is 9.14. The Morgan fingerprint density at radius 1 is 0.923 bits per heavy atom. The van der Waals surface area contributed by atoms with Gasteiger partial charge in [0, 0.05) is 18.2 Å². The maximum absolute atomic E-state index is 13.6. The zero-order valence-electron chi connectivity index (χ0n) is 21.1. The van der Waals surface area contributed by atoms with Crippen molar-refractivity contribution in [3.05, 3.63) is 130 Å². The number of hydrogen-bond acceptors (Lipinski definition) is 4. The van der Waals surface area contributed by atoms with E-state index < -0.39 is 5.97 Å². The molecule has 0 unspecified atom stereocenters. The van der Waals surface area contributed by atoms with Crippen LogP contribution >= 0.6 is 0 Å². The van der Waals surface area contributed by atoms with Gasteiger partial charge in [-0.2, -0.15) is 0 Å². The largest absolute Gasteiger partial charge is 0.489 e. The van der Waals surface area contributed by atoms with Crippen molar-refractivity contribution < 1.29 is 23.4 Å². The van der Waals surface area contributed by atoms with Crippen LogP contribution in [0.1, 0.15) is 28.4 Å². The van der Waals surface area contributed by atoms with Gasteiger partial charge in [0.25, 0.3) is 5.56 Å². The summed E-state index contributed by atoms with van der Waals surface area (Å²) in [7, 11) is 0. The van der Waals surface area contributed by atoms with Crippen LogP contribution in [0, 0.1) is 18.6 Å². The molecule has 2 aromatic heterocycles. The molecule has 2 heterocycles. The number of fused-ring (bicyclic) bond motifs is 1. The number of rotatable bonds is 9. The van der Waals surface area contributed by atoms with Crippen LogP contribution in [0.4, 0.5) is 8.78 Å². The first kappa shape index (κ1) is 25.8. The third-order valence-electron chi connectivity index (χ3n) is 6.56. The topological polar surface area (TPSA) is 86.4 Å². The van der Waals surface area contributed by atoms with E-state index in [0.717, 1.165) is 16.7 Å². The number of aromatic nitrogens is 3. The smallest absolute Gasteiger partial charge is 0.323 e. The molecule has 0 saturated carbocycles. The van der Waals surface area contributed by atoms with Crippen molar-refractivity contribution in [1.29, 1.82) is 0 Å². The van der Waals surface area contributed by atoms with Gasteiger partial charge in [0.05, 0.1) is 12.1 Å². The molecule has 0 bridgehead atoms. The van der Waals surface area contributed by atoms with Crippen molar-refractivity contribution in [2.75, 3.05) is 6.61 Å². The Morgan fingerprint density at radius 3 is 2.15 bits per heavy atom. The number of ether oxygens (including phenoxy) is 1. The molecule has 7 nitrogen and oxygen atoms in total. The maximum Gasteiger partial charge on any atom is 0.323 e. The van der Waals surface area contributed by atoms with Crippen LogP contribution in [-0.4, -0.2) is 31.8 Å². The van der Waals surface area contributed by atoms with Crippen LogP contribution in [-0.2, 0) is 17.9 Å². The molecule has 0 atom stereocenters. The van der Waals surface area contributed by atoms with Gasteiger partial charge in [-0.25, -0.2) is 13.8 Å². The number of para-hydroxylation sites is 1. The average molecular weight is 530 g/mol. The number of benzene rings is 3. The lowest BCUT2D eigenvalue weighted by Gasteiger charge is -2.20. The normalized spacial score (nSPS) is 11.3. The Hall–Kier alpha value is -4.79. The highest BCUT2D eigenvalue weighted by Gasteiger charge is 2.19. The maximum atomic E-state index is 13.6. The van der Waals surface area contributed by atoms with Gasteiger partial charge < -0.3 is 19.0 Å². The first-order chi connectivity index (χ1) is 18.8. The molecule has 0 radical (unpaired) electrons. The van der Waals surface area contributed by atoms with E-state index in [0.29, 0.717) is 22.6 Å². The molecule has 0 aliphatic carbocycles. The van der Waals surface area contributed by atoms with Crippen molar-refractivity contribution in [1.82, 2.24) is 14.1 Å². The van der Waals surface area contributed by atoms with Crippen LogP contribution in [0.3, 0.4) is 0 Å². The summed E-state index contributed by atoms with van der Waals surface area (Å²) in [5.41, 5.74) is 3.34. The minimum atomic E-state index is -0.970. The van der Waals surface area contributed by atoms with Gasteiger partial charge in [0.1, 0.15) is 41.9 Å². The first-order valence-electron chi connectivity index (χ1n) is 12.3. The number of carbonyl (C=O) groups is 1. The van der Waals surface area contributed by atoms with Crippen molar-refractivity contribution in [2.45, 2.75) is 25.9 Å². The van der Waals surface area contributed by atoms with Gasteiger partial charge in [0.2, 0.25) is 0 Å². The molecule has 3 aromatic carbocycles. The number of imidazole rings is 1. The SMILES string of the molecule is Cc1nc2c(OCCn3cc(C(c4ccc(F)cc4)c4ccc(F)cc4)ccc3=O)cccc2n1CC(=O)O. The molecule has 5 aromatic rings. The summed E-state index contributed by atoms with van der Waals surface area (Å²) in [5.74, 6) is -1.01. The number of carboxylic acid groups (broad SMARTS) is 1. The summed E-state index contributed by atoms with van der Waals surface area (Å²) in [6, 6.07) is 20.7. The van der Waals surface area contributed by atoms with Crippen LogP contribution in [0.5, 0.6) is 5.75 Å². The Bertz CT molecular complexity index is 1650. The summed E-state index contributed by atoms with van der Waals surface area (Å²) in [6.45, 7) is 1.91. The number of halogens is 2. The monoisotopic (exact) mass is 529 g/mol. The van der Waals surface area contributed by atoms with E-state index in [9.17, 15) is 23.5 Å². The number of pyridine rings is 1. The molecule has 1 N–H and O–H groups in total. The number of carboxylic acids is 1. The highest BCUT2D eigenvalue weighted by Crippen LogP contribution is 2.32. The molecule has 0 aliphatic rings. The van der Waals surface area contributed by atoms with Crippen molar-refractivity contribution in [2.24, 2.45) is 0 Å². The lowest BCUT2D eigenvalue weighted by molar-refractivity contribution is -0.137. The molecule has 0 aliphatic heterocycles. The molecule has 0 saturated heterocycles. The fraction of sp³-hybridized carbons (Fsp3) is 0.167. The zero-order valence-corrected chi connectivity index (χ0v) is 21.1. The first-order valence-corrected chi connectivity index (χ1v) is 12.3. The lowest BCUT2D eigenvalue weighted by Crippen LogP contribution is -2.23. The predicted octanol–water partition coefficient (Wildman–Crippen LogP) is 5.13. The van der Waals surface area contributed by atoms with Gasteiger partial charge >= 0.3 is 5.97 Å². The molecular formula is C30H25F2N3O4. The minimum absolute atomic E-state index is 0.158. The third kappa shape index (κ3) is 5.57. The molecule has 0 fully saturated rings. The number of aryl methyl sites for hydroxylation is 1. The van der Waals surface area contributed by atoms with Gasteiger partial charge in [-0.05, 0) is 60.0 Å². The standard InChI is InChI=1S/C30H25F2N3O4/c1-19-33-30-25(35(19)18-28(37)38)3-2-4-26(30)39-16-15-34-17-22(9-14-27(34)36)29(20-5-10-23(31)11-6-20)21-7-12-24(32)13-8-21/h2-14,17,29H,15-16,18H2,1H3,(H,37,38). The number of hydrogen-bond donors (Lipinski definition) is 1. The van der Waals surface area contributed by atoms with Crippen molar-refractivity contribution >= 4 is 17.0 Å². The quantitative estimate of drug-likeness (QED) is 0.286. The van der Waals surface area contributed by atoms with Gasteiger partial charge in [-0.1, -0.05) is 36.4 Å². The third-order valence-corrected chi connectivity index (χ3v) is 6.56. The van der Waals surface area contributed by atoms with E-state index in [1.54, 1.807) is 66.2 Å². The fourth-order valence-corrected chi connectivity index (χ4v) is 4.73. The predicted molar refractivity (Wildman–Crippen MR) is 142 cm³/mol. The van der Waals surface area contributed by atoms with E-state index in [4.69, 9.17) is 4.74 Å². The second kappa shape index (κ2) is 10.9. The van der Waals surface area contributed by atoms with E-state index in [1.807, 2.05) is 0 Å². The zero-order chi connectivity index (χ0) is 27.5. The summed E-state index contributed by atoms with van der Waals surface area (Å²) < 4.78 is 36.4. The second-order valence-electron chi connectivity index (χ2n) is 9.14. The number of aliphatic carboxylic acids is 1. The average Bonchev–Trinajstić information content (AvgIpc) is 3.23. The summed E-state index contributed by atoms with van der Waals surface area (Å²) >= 11 is 0. The molecular weight excluding hydrogens is 504 g/mol. The highest BCUT2D eigenvalue weighted by molar-refractivity contribution is 5.83. The van der Waals surface area contributed by atoms with Crippen LogP contribution in [0.25, 0.3) is 11.0 Å². The molecule has 0 spiro atoms. The van der Waals surface area contributed by atoms with Crippen molar-refractivity contribution in [3.8, 4) is 5.75 Å². The fourth-order valence-electron chi connectivity index (χ4n) is 4.73. The Balaban J connectivity index is 1.41. The Labute approximate surface area is 222 Å². The van der Waals surface area contributed by atoms with Crippen molar-refractivity contribution in [3.63, 3.8) is 0 Å². The van der Waals surface area contributed by atoms with Crippen LogP contribution in [0.15, 0.2) is 89.9 Å². The van der Waals surface area contributed by atoms with Gasteiger partial charge in [-0.15, -0.1) is 0 Å². The summed E-state index contributed by atoms with van der Waals surface area (Å²) in [6.07, 6.45) is 1.73. The Morgan fingerprint density at radius 2 is 1.54 bits per heavy atom. The van der Waals surface area contributed by atoms with E-state index in [2.05, 4.69) is 4.98 Å². The molecule has 5 rings (SSSR count). The molecule has 39 heavy (non-hydrogen) atoms. The van der Waals surface area contributed by atoms with E-state index in [1.165, 1.54) is 34.9 Å². The summed E-state index contributed by atoms with van der Waals surface area (Å²) in [4.78, 5) is 28.4. The highest BCUT2D eigenvalue weighted by atomic mass is 19.1. The van der Waals surface area contributed by atoms with Gasteiger partial charge in [0.15, 0.2) is 0 Å². The van der Waals surface area contributed by atoms with Crippen LogP contribution < -0.4 is 10.3 Å². The molecule has 9 heteroatoms. The lowest BCUT2D eigenvalue weighted by atomic mass is 9.86. The van der Waals surface area contributed by atoms with Gasteiger partial charge in [-0.3, -0.25) is 9.59 Å².